The van der Waals surface area contributed by atoms with E-state index >= 15 is 0 Å². The third kappa shape index (κ3) is 39.2. The smallest absolute Gasteiger partial charge is 0.425 e. The topological polar surface area (TPSA) is 397 Å². The highest BCUT2D eigenvalue weighted by molar-refractivity contribution is 6.33. The molecule has 0 radical (unpaired) electrons. The van der Waals surface area contributed by atoms with E-state index in [-0.39, 0.29) is 83.5 Å². The highest BCUT2D eigenvalue weighted by atomic mass is 35.5. The molecule has 0 spiro atoms. The van der Waals surface area contributed by atoms with Crippen LogP contribution in [0.4, 0.5) is 94.2 Å². The van der Waals surface area contributed by atoms with Gasteiger partial charge in [-0.25, -0.2) is 52.3 Å². The summed E-state index contributed by atoms with van der Waals surface area (Å²) < 4.78 is 253. The number of amides is 5. The van der Waals surface area contributed by atoms with E-state index in [0.29, 0.717) is 125 Å². The van der Waals surface area contributed by atoms with Crippen LogP contribution in [-0.2, 0) is 80.4 Å². The Hall–Kier alpha value is -12.2. The second-order valence-electron chi connectivity index (χ2n) is 38.5. The van der Waals surface area contributed by atoms with E-state index in [1.54, 1.807) is 37.3 Å². The molecule has 52 heteroatoms. The SMILES string of the molecule is CC(OC(=O)N1CCN(Cc2ccc(F)cc2OC(C)(C)C(=O)O)CC1)C(F)(F)F.CC(OC(=O)N1CCN(Cc2ccccc2OC(C)(C)C(=O)O)CC1)C(F)(F)F.Cc1ccc(CN2CCN(C(=O)OC(C)C(F)(F)F)CC2)c(OC(C)(C)C(=O)O)c1.Cc1ccc(CN2CCN(C(=O)OC(C)C(F)(F)F)CC2)c(OC(C)(C)C(=O)O)c1Cl.Cc1cccc(CN2CCN(C(=O)OC(C)C(F)(F)F)CC2)c1OC(C)(C)C(=O)O. The summed E-state index contributed by atoms with van der Waals surface area (Å²) in [5.74, 6) is -4.44. The van der Waals surface area contributed by atoms with Gasteiger partial charge in [0, 0.05) is 198 Å². The molecular formula is C98H129ClF16N10O25. The third-order valence-electron chi connectivity index (χ3n) is 24.1. The molecule has 150 heavy (non-hydrogen) atoms. The summed E-state index contributed by atoms with van der Waals surface area (Å²) in [6.45, 7) is 31.9. The zero-order chi connectivity index (χ0) is 113. The number of hydrogen-bond acceptors (Lipinski definition) is 25. The number of nitrogens with zero attached hydrogens (tertiary/aromatic N) is 10. The fourth-order valence-corrected chi connectivity index (χ4v) is 14.2. The van der Waals surface area contributed by atoms with Crippen molar-refractivity contribution in [3.8, 4) is 28.7 Å². The Morgan fingerprint density at radius 1 is 0.287 bits per heavy atom. The molecule has 5 aromatic rings. The monoisotopic (exact) mass is 2180 g/mol. The summed E-state index contributed by atoms with van der Waals surface area (Å²) in [6.07, 6.45) is -38.9. The van der Waals surface area contributed by atoms with Gasteiger partial charge in [0.1, 0.15) is 34.6 Å². The molecule has 5 unspecified atom stereocenters. The predicted octanol–water partition coefficient (Wildman–Crippen LogP) is 17.4. The summed E-state index contributed by atoms with van der Waals surface area (Å²) >= 11 is 6.38. The number of carboxylic acid groups (broad SMARTS) is 5. The quantitative estimate of drug-likeness (QED) is 0.0210. The van der Waals surface area contributed by atoms with E-state index in [1.807, 2.05) is 80.8 Å². The van der Waals surface area contributed by atoms with Crippen LogP contribution < -0.4 is 23.7 Å². The molecule has 0 bridgehead atoms. The molecular weight excluding hydrogens is 2060 g/mol. The molecule has 5 aliphatic heterocycles. The van der Waals surface area contributed by atoms with Crippen LogP contribution in [0.5, 0.6) is 28.7 Å². The van der Waals surface area contributed by atoms with Crippen molar-refractivity contribution in [1.82, 2.24) is 49.0 Å². The number of para-hydroxylation sites is 2. The van der Waals surface area contributed by atoms with Gasteiger partial charge in [0.2, 0.25) is 0 Å². The Labute approximate surface area is 861 Å². The maximum absolute atomic E-state index is 13.7. The highest BCUT2D eigenvalue weighted by Crippen LogP contribution is 2.39. The minimum Gasteiger partial charge on any atom is -0.478 e. The number of hydrogen-bond donors (Lipinski definition) is 5. The molecule has 5 amide bonds. The first kappa shape index (κ1) is 126. The van der Waals surface area contributed by atoms with Crippen LogP contribution in [0.1, 0.15) is 148 Å². The van der Waals surface area contributed by atoms with Crippen molar-refractivity contribution < 1.29 is 191 Å². The molecule has 5 aliphatic rings. The Morgan fingerprint density at radius 3 is 0.813 bits per heavy atom. The van der Waals surface area contributed by atoms with Crippen molar-refractivity contribution in [2.45, 2.75) is 247 Å². The molecule has 5 atom stereocenters. The van der Waals surface area contributed by atoms with Gasteiger partial charge in [-0.1, -0.05) is 78.3 Å². The fraction of sp³-hybridized carbons (Fsp3) is 0.592. The number of carboxylic acids is 5. The Kier molecular flexibility index (Phi) is 44.8. The van der Waals surface area contributed by atoms with Crippen LogP contribution in [-0.4, -0.2) is 355 Å². The van der Waals surface area contributed by atoms with E-state index in [9.17, 15) is 144 Å². The number of rotatable bonds is 30. The molecule has 0 aromatic heterocycles. The first-order chi connectivity index (χ1) is 69.0. The van der Waals surface area contributed by atoms with Gasteiger partial charge in [-0.05, 0) is 160 Å². The van der Waals surface area contributed by atoms with Crippen molar-refractivity contribution in [2.24, 2.45) is 0 Å². The van der Waals surface area contributed by atoms with Crippen LogP contribution in [0, 0.1) is 26.6 Å². The number of benzene rings is 5. The normalized spacial score (nSPS) is 16.8. The van der Waals surface area contributed by atoms with Crippen LogP contribution >= 0.6 is 11.6 Å². The number of aryl methyl sites for hydroxylation is 3. The van der Waals surface area contributed by atoms with Gasteiger partial charge in [-0.2, -0.15) is 65.9 Å². The molecule has 35 nitrogen and oxygen atoms in total. The molecule has 5 aromatic carbocycles. The van der Waals surface area contributed by atoms with E-state index in [4.69, 9.17) is 35.3 Å². The maximum atomic E-state index is 13.7. The summed E-state index contributed by atoms with van der Waals surface area (Å²) in [5.41, 5.74) is -1.24. The average Bonchev–Trinajstić information content (AvgIpc) is 0.820. The van der Waals surface area contributed by atoms with Crippen molar-refractivity contribution in [3.05, 3.63) is 146 Å². The van der Waals surface area contributed by atoms with Gasteiger partial charge in [-0.15, -0.1) is 0 Å². The minimum atomic E-state index is -4.62. The zero-order valence-electron chi connectivity index (χ0n) is 86.0. The fourth-order valence-electron chi connectivity index (χ4n) is 14.0. The van der Waals surface area contributed by atoms with E-state index in [0.717, 1.165) is 74.1 Å². The number of halogens is 17. The van der Waals surface area contributed by atoms with Gasteiger partial charge >= 0.3 is 91.2 Å². The van der Waals surface area contributed by atoms with E-state index in [1.165, 1.54) is 106 Å². The van der Waals surface area contributed by atoms with Gasteiger partial charge in [0.25, 0.3) is 0 Å². The van der Waals surface area contributed by atoms with Crippen LogP contribution in [0.3, 0.4) is 0 Å². The number of carbonyl (C=O) groups excluding carboxylic acids is 5. The number of aliphatic carboxylic acids is 5. The Balaban J connectivity index is 0.000000286. The second kappa shape index (κ2) is 53.2. The first-order valence-corrected chi connectivity index (χ1v) is 47.6. The summed E-state index contributed by atoms with van der Waals surface area (Å²) in [5, 5.41) is 46.8. The summed E-state index contributed by atoms with van der Waals surface area (Å²) in [6, 6.07) is 25.5. The van der Waals surface area contributed by atoms with Crippen molar-refractivity contribution in [2.75, 3.05) is 131 Å². The van der Waals surface area contributed by atoms with Gasteiger partial charge in [0.15, 0.2) is 58.5 Å². The lowest BCUT2D eigenvalue weighted by Crippen LogP contribution is -2.49. The van der Waals surface area contributed by atoms with Crippen molar-refractivity contribution >= 4 is 71.9 Å². The van der Waals surface area contributed by atoms with Crippen molar-refractivity contribution in [3.63, 3.8) is 0 Å². The molecule has 0 aliphatic carbocycles. The molecule has 10 rings (SSSR count). The van der Waals surface area contributed by atoms with Crippen LogP contribution in [0.15, 0.2) is 91.0 Å². The molecule has 0 saturated carbocycles. The molecule has 5 heterocycles. The largest absolute Gasteiger partial charge is 0.478 e. The van der Waals surface area contributed by atoms with Crippen LogP contribution in [0.25, 0.3) is 0 Å². The minimum absolute atomic E-state index is 0.0863. The van der Waals surface area contributed by atoms with Gasteiger partial charge < -0.3 is 97.4 Å². The Bertz CT molecular complexity index is 5260. The van der Waals surface area contributed by atoms with E-state index < -0.39 is 156 Å². The Morgan fingerprint density at radius 2 is 0.520 bits per heavy atom. The molecule has 5 saturated heterocycles. The van der Waals surface area contributed by atoms with Crippen molar-refractivity contribution in [1.29, 1.82) is 0 Å². The zero-order valence-corrected chi connectivity index (χ0v) is 86.8. The highest BCUT2D eigenvalue weighted by Gasteiger charge is 2.47. The number of ether oxygens (including phenoxy) is 10. The average molecular weight is 2190 g/mol. The van der Waals surface area contributed by atoms with Crippen LogP contribution in [0.2, 0.25) is 5.02 Å². The molecule has 840 valence electrons. The van der Waals surface area contributed by atoms with Gasteiger partial charge in [0.05, 0.1) is 5.02 Å². The lowest BCUT2D eigenvalue weighted by atomic mass is 10.1. The number of alkyl halides is 15. The molecule has 5 fully saturated rings. The predicted molar refractivity (Wildman–Crippen MR) is 507 cm³/mol. The third-order valence-corrected chi connectivity index (χ3v) is 24.6. The number of carbonyl (C=O) groups is 10. The first-order valence-electron chi connectivity index (χ1n) is 47.2. The summed E-state index contributed by atoms with van der Waals surface area (Å²) in [4.78, 5) is 133. The van der Waals surface area contributed by atoms with E-state index in [2.05, 4.69) is 23.7 Å². The maximum Gasteiger partial charge on any atom is 0.425 e. The lowest BCUT2D eigenvalue weighted by molar-refractivity contribution is -0.200. The lowest BCUT2D eigenvalue weighted by Gasteiger charge is -2.35. The number of piperazine rings is 5. The standard InChI is InChI=1S/C20H26ClF3N2O5.2C20H27F3N2O5.C19H24F4N2O5.C19H25F3N2O5/c1-12-5-6-14(16(15(12)21)31-19(3,4)17(27)28)11-25-7-9-26(10-8-25)18(29)30-13(2)20(22,23)24;1-13-5-6-15(16(11-13)30-19(3,4)17(26)27)12-24-7-9-25(10-8-24)18(28)29-14(2)20(21,22)23;1-13-6-5-7-15(16(13)30-19(3,4)17(26)27)12-24-8-10-25(11-9-24)18(28)29-14(2)20(21,22)23;1-12(19(21,22)23)29-17(28)25-8-6-24(7-9-25)11-13-4-5-14(20)10-15(13)30-18(2,3)16(26)27;1-13(19(20,21)22)28-17(27)24-10-8-23(9-11-24)12-14-6-4-5-7-15(14)29-18(2,3)16(25)26/h5-6,13H,7-11H2,1-4H3,(H,27,28);5-6,11,14H,7-10,12H2,1-4H3,(H,26,27);5-7,14H,8-12H2,1-4H3,(H,26,27);4-5,10,12H,6-9,11H2,1-3H3,(H,26,27);4-7,13H,8-12H2,1-3H3,(H,25,26). The van der Waals surface area contributed by atoms with Gasteiger partial charge in [-0.3, -0.25) is 24.5 Å². The molecule has 5 N–H and O–H groups in total. The summed E-state index contributed by atoms with van der Waals surface area (Å²) in [7, 11) is 0. The second-order valence-corrected chi connectivity index (χ2v) is 38.8.